The monoisotopic (exact) mass is 253 g/mol. The number of hydrogen-bond donors (Lipinski definition) is 2. The van der Waals surface area contributed by atoms with Crippen molar-refractivity contribution in [1.82, 2.24) is 5.32 Å². The number of furan rings is 1. The van der Waals surface area contributed by atoms with Gasteiger partial charge in [-0.25, -0.2) is 0 Å². The van der Waals surface area contributed by atoms with Crippen LogP contribution in [0.25, 0.3) is 0 Å². The molecule has 0 aliphatic rings. The Morgan fingerprint density at radius 3 is 2.33 bits per heavy atom. The lowest BCUT2D eigenvalue weighted by molar-refractivity contribution is 0.0918. The van der Waals surface area contributed by atoms with Gasteiger partial charge in [-0.05, 0) is 33.1 Å². The van der Waals surface area contributed by atoms with Crippen molar-refractivity contribution in [1.29, 1.82) is 0 Å². The van der Waals surface area contributed by atoms with Crippen molar-refractivity contribution in [2.45, 2.75) is 47.1 Å². The van der Waals surface area contributed by atoms with Crippen molar-refractivity contribution in [3.63, 3.8) is 0 Å². The highest BCUT2D eigenvalue weighted by Gasteiger charge is 2.18. The van der Waals surface area contributed by atoms with Crippen molar-refractivity contribution in [2.24, 2.45) is 5.92 Å². The van der Waals surface area contributed by atoms with Gasteiger partial charge in [-0.1, -0.05) is 13.8 Å². The Labute approximate surface area is 108 Å². The third-order valence-electron chi connectivity index (χ3n) is 3.28. The zero-order valence-electron chi connectivity index (χ0n) is 11.8. The smallest absolute Gasteiger partial charge is 0.255 e. The second kappa shape index (κ2) is 6.05. The van der Waals surface area contributed by atoms with Gasteiger partial charge in [-0.2, -0.15) is 0 Å². The molecule has 1 unspecified atom stereocenters. The van der Waals surface area contributed by atoms with Gasteiger partial charge in [0.05, 0.1) is 11.7 Å². The standard InChI is InChI=1S/C14H23NO3/c1-8(2)12(16)6-7-15-14(17)13-9(3)10(4)18-11(13)5/h8,12,16H,6-7H2,1-5H3,(H,15,17). The van der Waals surface area contributed by atoms with Crippen molar-refractivity contribution >= 4 is 5.91 Å². The third kappa shape index (κ3) is 3.35. The van der Waals surface area contributed by atoms with E-state index >= 15 is 0 Å². The first-order valence-corrected chi connectivity index (χ1v) is 6.37. The van der Waals surface area contributed by atoms with Crippen LogP contribution in [-0.2, 0) is 0 Å². The third-order valence-corrected chi connectivity index (χ3v) is 3.28. The molecule has 0 fully saturated rings. The van der Waals surface area contributed by atoms with E-state index in [1.807, 2.05) is 27.7 Å². The van der Waals surface area contributed by atoms with E-state index in [9.17, 15) is 9.90 Å². The summed E-state index contributed by atoms with van der Waals surface area (Å²) in [5.74, 6) is 1.51. The number of rotatable bonds is 5. The normalized spacial score (nSPS) is 12.8. The van der Waals surface area contributed by atoms with Crippen LogP contribution in [-0.4, -0.2) is 23.7 Å². The van der Waals surface area contributed by atoms with E-state index in [1.165, 1.54) is 0 Å². The second-order valence-corrected chi connectivity index (χ2v) is 5.07. The molecule has 4 heteroatoms. The maximum atomic E-state index is 12.0. The van der Waals surface area contributed by atoms with Gasteiger partial charge in [0.2, 0.25) is 0 Å². The summed E-state index contributed by atoms with van der Waals surface area (Å²) in [5.41, 5.74) is 1.50. The fraction of sp³-hybridized carbons (Fsp3) is 0.643. The zero-order valence-corrected chi connectivity index (χ0v) is 11.8. The first-order valence-electron chi connectivity index (χ1n) is 6.37. The molecule has 1 amide bonds. The van der Waals surface area contributed by atoms with E-state index in [2.05, 4.69) is 5.32 Å². The van der Waals surface area contributed by atoms with Gasteiger partial charge in [-0.15, -0.1) is 0 Å². The largest absolute Gasteiger partial charge is 0.466 e. The molecule has 0 saturated carbocycles. The zero-order chi connectivity index (χ0) is 13.9. The first kappa shape index (κ1) is 14.8. The Hall–Kier alpha value is -1.29. The molecule has 4 nitrogen and oxygen atoms in total. The molecule has 0 aromatic carbocycles. The van der Waals surface area contributed by atoms with Gasteiger partial charge in [0.25, 0.3) is 5.91 Å². The van der Waals surface area contributed by atoms with Crippen LogP contribution in [0.3, 0.4) is 0 Å². The minimum absolute atomic E-state index is 0.127. The molecule has 0 aliphatic carbocycles. The number of hydrogen-bond acceptors (Lipinski definition) is 3. The van der Waals surface area contributed by atoms with Gasteiger partial charge in [0, 0.05) is 12.1 Å². The van der Waals surface area contributed by atoms with Crippen molar-refractivity contribution < 1.29 is 14.3 Å². The Kier molecular flexibility index (Phi) is 4.96. The Bertz CT molecular complexity index is 421. The average Bonchev–Trinajstić information content (AvgIpc) is 2.52. The summed E-state index contributed by atoms with van der Waals surface area (Å²) in [5, 5.41) is 12.5. The fourth-order valence-corrected chi connectivity index (χ4v) is 1.88. The molecule has 0 aliphatic heterocycles. The van der Waals surface area contributed by atoms with E-state index in [0.29, 0.717) is 24.3 Å². The summed E-state index contributed by atoms with van der Waals surface area (Å²) in [7, 11) is 0. The van der Waals surface area contributed by atoms with Gasteiger partial charge in [-0.3, -0.25) is 4.79 Å². The Balaban J connectivity index is 2.56. The van der Waals surface area contributed by atoms with E-state index < -0.39 is 0 Å². The summed E-state index contributed by atoms with van der Waals surface area (Å²) in [6.07, 6.45) is 0.191. The molecule has 1 aromatic rings. The van der Waals surface area contributed by atoms with Crippen molar-refractivity contribution in [3.05, 3.63) is 22.6 Å². The quantitative estimate of drug-likeness (QED) is 0.846. The van der Waals surface area contributed by atoms with E-state index in [4.69, 9.17) is 4.42 Å². The Morgan fingerprint density at radius 2 is 1.89 bits per heavy atom. The van der Waals surface area contributed by atoms with Crippen molar-refractivity contribution in [3.8, 4) is 0 Å². The summed E-state index contributed by atoms with van der Waals surface area (Å²) >= 11 is 0. The molecule has 0 radical (unpaired) electrons. The number of carbonyl (C=O) groups excluding carboxylic acids is 1. The molecular formula is C14H23NO3. The van der Waals surface area contributed by atoms with E-state index in [0.717, 1.165) is 11.3 Å². The van der Waals surface area contributed by atoms with Crippen LogP contribution in [0.1, 0.15) is 47.7 Å². The van der Waals surface area contributed by atoms with Gasteiger partial charge < -0.3 is 14.8 Å². The number of nitrogens with one attached hydrogen (secondary N) is 1. The Morgan fingerprint density at radius 1 is 1.28 bits per heavy atom. The average molecular weight is 253 g/mol. The summed E-state index contributed by atoms with van der Waals surface area (Å²) < 4.78 is 5.42. The lowest BCUT2D eigenvalue weighted by atomic mass is 10.0. The molecule has 1 heterocycles. The van der Waals surface area contributed by atoms with Crippen LogP contribution in [0.15, 0.2) is 4.42 Å². The highest BCUT2D eigenvalue weighted by atomic mass is 16.3. The summed E-state index contributed by atoms with van der Waals surface area (Å²) in [6, 6.07) is 0. The number of amides is 1. The number of carbonyl (C=O) groups is 1. The van der Waals surface area contributed by atoms with Crippen LogP contribution in [0.5, 0.6) is 0 Å². The molecule has 1 rings (SSSR count). The molecule has 18 heavy (non-hydrogen) atoms. The van der Waals surface area contributed by atoms with Gasteiger partial charge >= 0.3 is 0 Å². The maximum Gasteiger partial charge on any atom is 0.255 e. The highest BCUT2D eigenvalue weighted by molar-refractivity contribution is 5.96. The van der Waals surface area contributed by atoms with Crippen LogP contribution in [0.4, 0.5) is 0 Å². The van der Waals surface area contributed by atoms with E-state index in [1.54, 1.807) is 6.92 Å². The minimum atomic E-state index is -0.376. The minimum Gasteiger partial charge on any atom is -0.466 e. The second-order valence-electron chi connectivity index (χ2n) is 5.07. The lowest BCUT2D eigenvalue weighted by Crippen LogP contribution is -2.29. The van der Waals surface area contributed by atoms with Crippen molar-refractivity contribution in [2.75, 3.05) is 6.54 Å². The molecule has 2 N–H and O–H groups in total. The van der Waals surface area contributed by atoms with Gasteiger partial charge in [0.15, 0.2) is 0 Å². The predicted molar refractivity (Wildman–Crippen MR) is 70.7 cm³/mol. The first-order chi connectivity index (χ1) is 8.34. The topological polar surface area (TPSA) is 62.5 Å². The van der Waals surface area contributed by atoms with Crippen LogP contribution in [0, 0.1) is 26.7 Å². The molecular weight excluding hydrogens is 230 g/mol. The molecule has 102 valence electrons. The number of aliphatic hydroxyl groups is 1. The van der Waals surface area contributed by atoms with E-state index in [-0.39, 0.29) is 17.9 Å². The predicted octanol–water partition coefficient (Wildman–Crippen LogP) is 2.34. The molecule has 0 spiro atoms. The molecule has 1 aromatic heterocycles. The SMILES string of the molecule is Cc1oc(C)c(C(=O)NCCC(O)C(C)C)c1C. The summed E-state index contributed by atoms with van der Waals surface area (Å²) in [4.78, 5) is 12.0. The number of aryl methyl sites for hydroxylation is 2. The molecule has 0 saturated heterocycles. The summed E-state index contributed by atoms with van der Waals surface area (Å²) in [6.45, 7) is 9.91. The maximum absolute atomic E-state index is 12.0. The number of aliphatic hydroxyl groups excluding tert-OH is 1. The van der Waals surface area contributed by atoms with Gasteiger partial charge in [0.1, 0.15) is 11.5 Å². The van der Waals surface area contributed by atoms with Crippen LogP contribution < -0.4 is 5.32 Å². The molecule has 1 atom stereocenters. The molecule has 0 bridgehead atoms. The van der Waals surface area contributed by atoms with Crippen LogP contribution in [0.2, 0.25) is 0 Å². The van der Waals surface area contributed by atoms with Crippen LogP contribution >= 0.6 is 0 Å². The highest BCUT2D eigenvalue weighted by Crippen LogP contribution is 2.20. The fourth-order valence-electron chi connectivity index (χ4n) is 1.88. The lowest BCUT2D eigenvalue weighted by Gasteiger charge is -2.14.